The van der Waals surface area contributed by atoms with Crippen LogP contribution in [0.3, 0.4) is 0 Å². The van der Waals surface area contributed by atoms with Gasteiger partial charge in [-0.1, -0.05) is 15.9 Å². The molecule has 0 spiro atoms. The molecule has 68 valence electrons. The van der Waals surface area contributed by atoms with Crippen LogP contribution in [0.2, 0.25) is 0 Å². The number of rotatable bonds is 2. The molecule has 13 heavy (non-hydrogen) atoms. The molecule has 1 heterocycles. The monoisotopic (exact) mass is 246 g/mol. The lowest BCUT2D eigenvalue weighted by molar-refractivity contribution is -0.389. The third kappa shape index (κ3) is 2.48. The molecule has 0 aliphatic carbocycles. The largest absolute Gasteiger partial charge is 0.535 e. The molecule has 0 saturated heterocycles. The molecule has 1 aromatic rings. The SMILES string of the molecule is O=[N+]([O-])c1cc(Br)cc(B(O)O)n1. The van der Waals surface area contributed by atoms with Crippen LogP contribution in [-0.2, 0) is 0 Å². The van der Waals surface area contributed by atoms with Gasteiger partial charge in [0.15, 0.2) is 5.59 Å². The maximum atomic E-state index is 10.3. The molecule has 8 heteroatoms. The quantitative estimate of drug-likeness (QED) is 0.414. The van der Waals surface area contributed by atoms with E-state index in [4.69, 9.17) is 10.0 Å². The summed E-state index contributed by atoms with van der Waals surface area (Å²) in [5, 5.41) is 27.7. The molecule has 0 fully saturated rings. The fraction of sp³-hybridized carbons (Fsp3) is 0. The van der Waals surface area contributed by atoms with Crippen LogP contribution in [0.25, 0.3) is 0 Å². The molecule has 1 aromatic heterocycles. The first-order chi connectivity index (χ1) is 6.00. The Bertz CT molecular complexity index is 345. The van der Waals surface area contributed by atoms with Gasteiger partial charge in [-0.25, -0.2) is 0 Å². The van der Waals surface area contributed by atoms with Crippen LogP contribution in [-0.4, -0.2) is 27.1 Å². The molecule has 0 bridgehead atoms. The molecule has 0 aromatic carbocycles. The minimum absolute atomic E-state index is 0.166. The lowest BCUT2D eigenvalue weighted by Crippen LogP contribution is -2.33. The Morgan fingerprint density at radius 2 is 2.15 bits per heavy atom. The molecule has 0 unspecified atom stereocenters. The number of aromatic nitrogens is 1. The van der Waals surface area contributed by atoms with Crippen molar-refractivity contribution in [3.05, 3.63) is 26.7 Å². The van der Waals surface area contributed by atoms with E-state index >= 15 is 0 Å². The second kappa shape index (κ2) is 3.82. The number of hydrogen-bond donors (Lipinski definition) is 2. The number of nitro groups is 1. The number of halogens is 1. The van der Waals surface area contributed by atoms with E-state index in [2.05, 4.69) is 20.9 Å². The molecule has 0 radical (unpaired) electrons. The molecule has 6 nitrogen and oxygen atoms in total. The summed E-state index contributed by atoms with van der Waals surface area (Å²) < 4.78 is 0.373. The Kier molecular flexibility index (Phi) is 2.96. The summed E-state index contributed by atoms with van der Waals surface area (Å²) in [4.78, 5) is 13.0. The molecule has 0 atom stereocenters. The van der Waals surface area contributed by atoms with Gasteiger partial charge in [0.2, 0.25) is 0 Å². The minimum atomic E-state index is -1.81. The summed E-state index contributed by atoms with van der Waals surface area (Å²) in [6.45, 7) is 0. The molecule has 0 aliphatic rings. The van der Waals surface area contributed by atoms with Crippen LogP contribution < -0.4 is 5.59 Å². The molecule has 0 saturated carbocycles. The summed E-state index contributed by atoms with van der Waals surface area (Å²) >= 11 is 2.98. The fourth-order valence-corrected chi connectivity index (χ4v) is 1.17. The van der Waals surface area contributed by atoms with Crippen molar-refractivity contribution < 1.29 is 15.0 Å². The van der Waals surface area contributed by atoms with Gasteiger partial charge in [0, 0.05) is 4.47 Å². The van der Waals surface area contributed by atoms with E-state index < -0.39 is 17.9 Å². The van der Waals surface area contributed by atoms with E-state index in [9.17, 15) is 10.1 Å². The first-order valence-corrected chi connectivity index (χ1v) is 3.98. The molecular weight excluding hydrogens is 243 g/mol. The van der Waals surface area contributed by atoms with Crippen LogP contribution >= 0.6 is 15.9 Å². The van der Waals surface area contributed by atoms with Gasteiger partial charge in [0.1, 0.15) is 0 Å². The summed E-state index contributed by atoms with van der Waals surface area (Å²) in [5.74, 6) is -0.433. The fourth-order valence-electron chi connectivity index (χ4n) is 0.729. The molecule has 0 aliphatic heterocycles. The zero-order chi connectivity index (χ0) is 10.0. The summed E-state index contributed by atoms with van der Waals surface area (Å²) in [6, 6.07) is 2.46. The van der Waals surface area contributed by atoms with Gasteiger partial charge in [-0.05, 0) is 16.0 Å². The predicted octanol–water partition coefficient (Wildman–Crippen LogP) is -0.568. The van der Waals surface area contributed by atoms with Crippen LogP contribution in [0.4, 0.5) is 5.82 Å². The van der Waals surface area contributed by atoms with Crippen LogP contribution in [0.15, 0.2) is 16.6 Å². The van der Waals surface area contributed by atoms with E-state index in [0.717, 1.165) is 0 Å². The van der Waals surface area contributed by atoms with Crippen molar-refractivity contribution >= 4 is 34.5 Å². The highest BCUT2D eigenvalue weighted by Crippen LogP contribution is 2.13. The Labute approximate surface area is 81.7 Å². The maximum Gasteiger partial charge on any atom is 0.535 e. The highest BCUT2D eigenvalue weighted by Gasteiger charge is 2.22. The predicted molar refractivity (Wildman–Crippen MR) is 48.4 cm³/mol. The van der Waals surface area contributed by atoms with Crippen molar-refractivity contribution in [1.82, 2.24) is 4.98 Å². The highest BCUT2D eigenvalue weighted by molar-refractivity contribution is 9.10. The van der Waals surface area contributed by atoms with Gasteiger partial charge in [0.25, 0.3) is 0 Å². The van der Waals surface area contributed by atoms with Crippen molar-refractivity contribution in [2.45, 2.75) is 0 Å². The normalized spacial score (nSPS) is 9.77. The van der Waals surface area contributed by atoms with E-state index in [-0.39, 0.29) is 5.59 Å². The van der Waals surface area contributed by atoms with Gasteiger partial charge in [-0.3, -0.25) is 0 Å². The van der Waals surface area contributed by atoms with Gasteiger partial charge in [-0.15, -0.1) is 0 Å². The van der Waals surface area contributed by atoms with Crippen molar-refractivity contribution in [1.29, 1.82) is 0 Å². The summed E-state index contributed by atoms with van der Waals surface area (Å²) in [7, 11) is -1.81. The third-order valence-corrected chi connectivity index (χ3v) is 1.71. The minimum Gasteiger partial charge on any atom is -0.421 e. The van der Waals surface area contributed by atoms with E-state index in [1.54, 1.807) is 0 Å². The van der Waals surface area contributed by atoms with Crippen LogP contribution in [0.1, 0.15) is 0 Å². The average molecular weight is 247 g/mol. The smallest absolute Gasteiger partial charge is 0.421 e. The van der Waals surface area contributed by atoms with Crippen molar-refractivity contribution in [3.8, 4) is 0 Å². The standard InChI is InChI=1S/C5H4BBrN2O4/c7-3-1-4(6(10)11)8-5(2-3)9(12)13/h1-2,10-11H. The molecule has 2 N–H and O–H groups in total. The topological polar surface area (TPSA) is 96.5 Å². The Hall–Kier alpha value is -0.985. The molecule has 1 rings (SSSR count). The van der Waals surface area contributed by atoms with Crippen molar-refractivity contribution in [2.75, 3.05) is 0 Å². The zero-order valence-corrected chi connectivity index (χ0v) is 7.80. The second-order valence-corrected chi connectivity index (χ2v) is 3.11. The Balaban J connectivity index is 3.19. The van der Waals surface area contributed by atoms with E-state index in [0.29, 0.717) is 4.47 Å². The van der Waals surface area contributed by atoms with Gasteiger partial charge < -0.3 is 20.2 Å². The van der Waals surface area contributed by atoms with Crippen LogP contribution in [0.5, 0.6) is 0 Å². The number of pyridine rings is 1. The van der Waals surface area contributed by atoms with Gasteiger partial charge in [-0.2, -0.15) is 0 Å². The summed E-state index contributed by atoms with van der Waals surface area (Å²) in [6.07, 6.45) is 0. The van der Waals surface area contributed by atoms with Gasteiger partial charge in [0.05, 0.1) is 6.07 Å². The lowest BCUT2D eigenvalue weighted by Gasteiger charge is -1.96. The molecule has 0 amide bonds. The Morgan fingerprint density at radius 3 is 2.62 bits per heavy atom. The summed E-state index contributed by atoms with van der Waals surface area (Å²) in [5.41, 5.74) is -0.166. The second-order valence-electron chi connectivity index (χ2n) is 2.20. The zero-order valence-electron chi connectivity index (χ0n) is 6.22. The van der Waals surface area contributed by atoms with E-state index in [1.807, 2.05) is 0 Å². The van der Waals surface area contributed by atoms with Gasteiger partial charge >= 0.3 is 12.9 Å². The average Bonchev–Trinajstić information content (AvgIpc) is 2.03. The molecular formula is C5H4BBrN2O4. The van der Waals surface area contributed by atoms with Crippen LogP contribution in [0, 0.1) is 10.1 Å². The van der Waals surface area contributed by atoms with E-state index in [1.165, 1.54) is 12.1 Å². The Morgan fingerprint density at radius 1 is 1.54 bits per heavy atom. The first kappa shape index (κ1) is 10.1. The van der Waals surface area contributed by atoms with Crippen molar-refractivity contribution in [2.24, 2.45) is 0 Å². The first-order valence-electron chi connectivity index (χ1n) is 3.18. The third-order valence-electron chi connectivity index (χ3n) is 1.25. The number of hydrogen-bond acceptors (Lipinski definition) is 5. The maximum absolute atomic E-state index is 10.3. The lowest BCUT2D eigenvalue weighted by atomic mass is 9.86. The number of nitrogens with zero attached hydrogens (tertiary/aromatic N) is 2. The van der Waals surface area contributed by atoms with Crippen molar-refractivity contribution in [3.63, 3.8) is 0 Å². The highest BCUT2D eigenvalue weighted by atomic mass is 79.9.